The molecule has 0 unspecified atom stereocenters. The van der Waals surface area contributed by atoms with E-state index in [0.717, 1.165) is 11.1 Å². The summed E-state index contributed by atoms with van der Waals surface area (Å²) in [5, 5.41) is 3.09. The SMILES string of the molecule is COc1ccc(C(C)(C)NC(=O)Cc2ccc(C)cc2)cc1OC. The lowest BCUT2D eigenvalue weighted by molar-refractivity contribution is -0.122. The molecule has 2 rings (SSSR count). The summed E-state index contributed by atoms with van der Waals surface area (Å²) in [7, 11) is 3.20. The van der Waals surface area contributed by atoms with Crippen molar-refractivity contribution in [2.45, 2.75) is 32.7 Å². The minimum absolute atomic E-state index is 0.0152. The van der Waals surface area contributed by atoms with Crippen molar-refractivity contribution in [1.29, 1.82) is 0 Å². The van der Waals surface area contributed by atoms with Gasteiger partial charge >= 0.3 is 0 Å². The van der Waals surface area contributed by atoms with Gasteiger partial charge in [0.15, 0.2) is 11.5 Å². The molecule has 0 aliphatic heterocycles. The molecule has 0 heterocycles. The number of carbonyl (C=O) groups excluding carboxylic acids is 1. The molecule has 1 N–H and O–H groups in total. The Morgan fingerprint density at radius 1 is 1.00 bits per heavy atom. The fourth-order valence-corrected chi connectivity index (χ4v) is 2.58. The van der Waals surface area contributed by atoms with Crippen molar-refractivity contribution < 1.29 is 14.3 Å². The Labute approximate surface area is 143 Å². The van der Waals surface area contributed by atoms with E-state index in [9.17, 15) is 4.79 Å². The number of hydrogen-bond acceptors (Lipinski definition) is 3. The van der Waals surface area contributed by atoms with Gasteiger partial charge in [-0.3, -0.25) is 4.79 Å². The highest BCUT2D eigenvalue weighted by atomic mass is 16.5. The zero-order chi connectivity index (χ0) is 17.7. The molecule has 24 heavy (non-hydrogen) atoms. The van der Waals surface area contributed by atoms with Crippen LogP contribution < -0.4 is 14.8 Å². The average Bonchev–Trinajstić information content (AvgIpc) is 2.55. The molecule has 128 valence electrons. The van der Waals surface area contributed by atoms with Crippen LogP contribution in [0.4, 0.5) is 0 Å². The van der Waals surface area contributed by atoms with Gasteiger partial charge in [-0.1, -0.05) is 35.9 Å². The first-order valence-electron chi connectivity index (χ1n) is 7.95. The van der Waals surface area contributed by atoms with Gasteiger partial charge in [-0.15, -0.1) is 0 Å². The third-order valence-electron chi connectivity index (χ3n) is 4.04. The maximum absolute atomic E-state index is 12.4. The Bertz CT molecular complexity index is 705. The lowest BCUT2D eigenvalue weighted by Gasteiger charge is -2.27. The van der Waals surface area contributed by atoms with Gasteiger partial charge in [-0.25, -0.2) is 0 Å². The lowest BCUT2D eigenvalue weighted by Crippen LogP contribution is -2.41. The maximum atomic E-state index is 12.4. The lowest BCUT2D eigenvalue weighted by atomic mass is 9.93. The fraction of sp³-hybridized carbons (Fsp3) is 0.350. The van der Waals surface area contributed by atoms with Gasteiger partial charge in [0.2, 0.25) is 5.91 Å². The Morgan fingerprint density at radius 3 is 2.21 bits per heavy atom. The topological polar surface area (TPSA) is 47.6 Å². The van der Waals surface area contributed by atoms with E-state index in [2.05, 4.69) is 5.32 Å². The number of methoxy groups -OCH3 is 2. The molecule has 0 radical (unpaired) electrons. The van der Waals surface area contributed by atoms with Crippen LogP contribution in [-0.4, -0.2) is 20.1 Å². The number of ether oxygens (including phenoxy) is 2. The molecule has 1 amide bonds. The molecule has 0 aromatic heterocycles. The normalized spacial score (nSPS) is 11.0. The number of rotatable bonds is 6. The molecule has 2 aromatic rings. The number of aryl methyl sites for hydroxylation is 1. The van der Waals surface area contributed by atoms with Gasteiger partial charge < -0.3 is 14.8 Å². The van der Waals surface area contributed by atoms with Crippen molar-refractivity contribution in [3.8, 4) is 11.5 Å². The Balaban J connectivity index is 2.12. The van der Waals surface area contributed by atoms with Crippen molar-refractivity contribution in [3.63, 3.8) is 0 Å². The van der Waals surface area contributed by atoms with Crippen molar-refractivity contribution in [2.75, 3.05) is 14.2 Å². The van der Waals surface area contributed by atoms with E-state index in [-0.39, 0.29) is 5.91 Å². The van der Waals surface area contributed by atoms with Crippen LogP contribution >= 0.6 is 0 Å². The Hall–Kier alpha value is -2.49. The van der Waals surface area contributed by atoms with Crippen molar-refractivity contribution in [2.24, 2.45) is 0 Å². The van der Waals surface area contributed by atoms with E-state index in [0.29, 0.717) is 17.9 Å². The summed E-state index contributed by atoms with van der Waals surface area (Å²) in [6.45, 7) is 5.98. The monoisotopic (exact) mass is 327 g/mol. The Morgan fingerprint density at radius 2 is 1.62 bits per heavy atom. The van der Waals surface area contributed by atoms with Crippen molar-refractivity contribution >= 4 is 5.91 Å². The van der Waals surface area contributed by atoms with Crippen LogP contribution in [0.25, 0.3) is 0 Å². The summed E-state index contributed by atoms with van der Waals surface area (Å²) >= 11 is 0. The van der Waals surface area contributed by atoms with Crippen LogP contribution in [0.15, 0.2) is 42.5 Å². The molecule has 0 atom stereocenters. The molecular weight excluding hydrogens is 302 g/mol. The number of nitrogens with one attached hydrogen (secondary N) is 1. The predicted molar refractivity (Wildman–Crippen MR) is 95.6 cm³/mol. The van der Waals surface area contributed by atoms with Crippen molar-refractivity contribution in [3.05, 3.63) is 59.2 Å². The molecule has 2 aromatic carbocycles. The second kappa shape index (κ2) is 7.39. The summed E-state index contributed by atoms with van der Waals surface area (Å²) < 4.78 is 10.6. The summed E-state index contributed by atoms with van der Waals surface area (Å²) in [4.78, 5) is 12.4. The molecule has 0 saturated heterocycles. The molecule has 0 spiro atoms. The maximum Gasteiger partial charge on any atom is 0.225 e. The largest absolute Gasteiger partial charge is 0.493 e. The molecule has 0 bridgehead atoms. The highest BCUT2D eigenvalue weighted by Gasteiger charge is 2.24. The molecule has 0 saturated carbocycles. The van der Waals surface area contributed by atoms with E-state index in [1.807, 2.05) is 63.2 Å². The first kappa shape index (κ1) is 17.9. The second-order valence-electron chi connectivity index (χ2n) is 6.41. The van der Waals surface area contributed by atoms with Gasteiger partial charge in [-0.2, -0.15) is 0 Å². The van der Waals surface area contributed by atoms with Gasteiger partial charge in [0, 0.05) is 0 Å². The molecule has 0 fully saturated rings. The van der Waals surface area contributed by atoms with E-state index < -0.39 is 5.54 Å². The smallest absolute Gasteiger partial charge is 0.225 e. The van der Waals surface area contributed by atoms with Crippen LogP contribution in [0.3, 0.4) is 0 Å². The molecule has 4 nitrogen and oxygen atoms in total. The van der Waals surface area contributed by atoms with E-state index in [1.54, 1.807) is 14.2 Å². The highest BCUT2D eigenvalue weighted by molar-refractivity contribution is 5.79. The predicted octanol–water partition coefficient (Wildman–Crippen LogP) is 3.61. The second-order valence-corrected chi connectivity index (χ2v) is 6.41. The number of hydrogen-bond donors (Lipinski definition) is 1. The first-order chi connectivity index (χ1) is 11.4. The molecule has 4 heteroatoms. The Kier molecular flexibility index (Phi) is 5.50. The van der Waals surface area contributed by atoms with Crippen molar-refractivity contribution in [1.82, 2.24) is 5.32 Å². The van der Waals surface area contributed by atoms with E-state index in [4.69, 9.17) is 9.47 Å². The first-order valence-corrected chi connectivity index (χ1v) is 7.95. The zero-order valence-corrected chi connectivity index (χ0v) is 15.0. The minimum atomic E-state index is -0.513. The molecule has 0 aliphatic carbocycles. The summed E-state index contributed by atoms with van der Waals surface area (Å²) in [6.07, 6.45) is 0.358. The number of amides is 1. The van der Waals surface area contributed by atoms with Gasteiger partial charge in [0.25, 0.3) is 0 Å². The van der Waals surface area contributed by atoms with Crippen LogP contribution in [-0.2, 0) is 16.8 Å². The minimum Gasteiger partial charge on any atom is -0.493 e. The zero-order valence-electron chi connectivity index (χ0n) is 15.0. The van der Waals surface area contributed by atoms with Gasteiger partial charge in [-0.05, 0) is 44.0 Å². The highest BCUT2D eigenvalue weighted by Crippen LogP contribution is 2.32. The van der Waals surface area contributed by atoms with E-state index >= 15 is 0 Å². The van der Waals surface area contributed by atoms with Crippen LogP contribution in [0.2, 0.25) is 0 Å². The fourth-order valence-electron chi connectivity index (χ4n) is 2.58. The molecular formula is C20H25NO3. The van der Waals surface area contributed by atoms with E-state index in [1.165, 1.54) is 5.56 Å². The summed E-state index contributed by atoms with van der Waals surface area (Å²) in [5.74, 6) is 1.30. The number of benzene rings is 2. The van der Waals surface area contributed by atoms with Gasteiger partial charge in [0.05, 0.1) is 26.2 Å². The molecule has 0 aliphatic rings. The third-order valence-corrected chi connectivity index (χ3v) is 4.04. The average molecular weight is 327 g/mol. The van der Waals surface area contributed by atoms with Gasteiger partial charge in [0.1, 0.15) is 0 Å². The van der Waals surface area contributed by atoms with Crippen LogP contribution in [0, 0.1) is 6.92 Å². The summed E-state index contributed by atoms with van der Waals surface area (Å²) in [6, 6.07) is 13.7. The quantitative estimate of drug-likeness (QED) is 0.882. The van der Waals surface area contributed by atoms with Crippen LogP contribution in [0.1, 0.15) is 30.5 Å². The number of carbonyl (C=O) groups is 1. The standard InChI is InChI=1S/C20H25NO3/c1-14-6-8-15(9-7-14)12-19(22)21-20(2,3)16-10-11-17(23-4)18(13-16)24-5/h6-11,13H,12H2,1-5H3,(H,21,22). The third kappa shape index (κ3) is 4.28. The van der Waals surface area contributed by atoms with Crippen LogP contribution in [0.5, 0.6) is 11.5 Å². The summed E-state index contributed by atoms with van der Waals surface area (Å²) in [5.41, 5.74) is 2.63.